The number of piperidine rings is 1. The molecule has 2 nitrogen and oxygen atoms in total. The Morgan fingerprint density at radius 2 is 1.74 bits per heavy atom. The first kappa shape index (κ1) is 14.3. The van der Waals surface area contributed by atoms with Crippen LogP contribution in [0.5, 0.6) is 0 Å². The van der Waals surface area contributed by atoms with Crippen molar-refractivity contribution in [2.75, 3.05) is 19.6 Å². The van der Waals surface area contributed by atoms with Crippen LogP contribution in [0, 0.1) is 5.92 Å². The molecule has 106 valence electrons. The molecule has 0 spiro atoms. The molecule has 1 atom stereocenters. The van der Waals surface area contributed by atoms with Crippen molar-refractivity contribution in [1.82, 2.24) is 5.32 Å². The minimum Gasteiger partial charge on any atom is -0.330 e. The monoisotopic (exact) mass is 272 g/mol. The molecule has 1 aromatic carbocycles. The van der Waals surface area contributed by atoms with Crippen molar-refractivity contribution in [2.45, 2.75) is 24.9 Å². The standard InChI is InChI=1S/C14H19F3N2/c15-14(16,17)12-3-1-10(2-4-12)13(9-18)11-5-7-19-8-6-11/h1-4,11,13,19H,5-9,18H2/t13-/m1/s1. The van der Waals surface area contributed by atoms with Gasteiger partial charge in [0, 0.05) is 0 Å². The van der Waals surface area contributed by atoms with Gasteiger partial charge in [0.25, 0.3) is 0 Å². The Hall–Kier alpha value is -1.07. The number of hydrogen-bond donors (Lipinski definition) is 2. The Labute approximate surface area is 111 Å². The first-order chi connectivity index (χ1) is 9.02. The minimum atomic E-state index is -4.27. The molecule has 0 amide bonds. The fourth-order valence-corrected chi connectivity index (χ4v) is 2.77. The molecule has 1 heterocycles. The summed E-state index contributed by atoms with van der Waals surface area (Å²) in [6.07, 6.45) is -2.21. The highest BCUT2D eigenvalue weighted by molar-refractivity contribution is 5.28. The lowest BCUT2D eigenvalue weighted by Crippen LogP contribution is -2.33. The normalized spacial score (nSPS) is 19.4. The van der Waals surface area contributed by atoms with E-state index in [-0.39, 0.29) is 5.92 Å². The summed E-state index contributed by atoms with van der Waals surface area (Å²) in [5.74, 6) is 0.618. The van der Waals surface area contributed by atoms with Crippen molar-refractivity contribution in [3.05, 3.63) is 35.4 Å². The van der Waals surface area contributed by atoms with Gasteiger partial charge in [-0.15, -0.1) is 0 Å². The summed E-state index contributed by atoms with van der Waals surface area (Å²) in [5.41, 5.74) is 6.14. The Kier molecular flexibility index (Phi) is 4.47. The van der Waals surface area contributed by atoms with E-state index in [1.165, 1.54) is 0 Å². The number of benzene rings is 1. The van der Waals surface area contributed by atoms with E-state index in [0.29, 0.717) is 12.5 Å². The molecule has 0 aromatic heterocycles. The maximum Gasteiger partial charge on any atom is 0.416 e. The topological polar surface area (TPSA) is 38.0 Å². The van der Waals surface area contributed by atoms with Crippen molar-refractivity contribution >= 4 is 0 Å². The summed E-state index contributed by atoms with van der Waals surface area (Å²) < 4.78 is 37.6. The van der Waals surface area contributed by atoms with E-state index in [1.807, 2.05) is 0 Å². The van der Waals surface area contributed by atoms with Crippen LogP contribution in [0.15, 0.2) is 24.3 Å². The van der Waals surface area contributed by atoms with Crippen LogP contribution < -0.4 is 11.1 Å². The zero-order chi connectivity index (χ0) is 13.9. The third-order valence-electron chi connectivity index (χ3n) is 3.87. The molecule has 2 rings (SSSR count). The summed E-state index contributed by atoms with van der Waals surface area (Å²) in [6, 6.07) is 5.45. The molecular weight excluding hydrogens is 253 g/mol. The predicted octanol–water partition coefficient (Wildman–Crippen LogP) is 2.75. The first-order valence-electron chi connectivity index (χ1n) is 6.60. The minimum absolute atomic E-state index is 0.157. The van der Waals surface area contributed by atoms with Gasteiger partial charge < -0.3 is 11.1 Å². The van der Waals surface area contributed by atoms with Gasteiger partial charge in [0.1, 0.15) is 0 Å². The summed E-state index contributed by atoms with van der Waals surface area (Å²) in [5, 5.41) is 3.28. The summed E-state index contributed by atoms with van der Waals surface area (Å²) in [6.45, 7) is 2.40. The molecular formula is C14H19F3N2. The molecule has 1 saturated heterocycles. The second kappa shape index (κ2) is 5.92. The van der Waals surface area contributed by atoms with Gasteiger partial charge in [0.2, 0.25) is 0 Å². The van der Waals surface area contributed by atoms with Crippen molar-refractivity contribution in [2.24, 2.45) is 11.7 Å². The molecule has 0 bridgehead atoms. The number of halogens is 3. The van der Waals surface area contributed by atoms with Crippen LogP contribution in [0.3, 0.4) is 0 Å². The molecule has 0 saturated carbocycles. The quantitative estimate of drug-likeness (QED) is 0.888. The summed E-state index contributed by atoms with van der Waals surface area (Å²) >= 11 is 0. The molecule has 19 heavy (non-hydrogen) atoms. The highest BCUT2D eigenvalue weighted by Gasteiger charge is 2.31. The van der Waals surface area contributed by atoms with Gasteiger partial charge in [-0.05, 0) is 62.0 Å². The maximum atomic E-state index is 12.5. The first-order valence-corrected chi connectivity index (χ1v) is 6.60. The molecule has 5 heteroatoms. The lowest BCUT2D eigenvalue weighted by Gasteiger charge is -2.30. The van der Waals surface area contributed by atoms with E-state index < -0.39 is 11.7 Å². The zero-order valence-corrected chi connectivity index (χ0v) is 10.7. The molecule has 1 fully saturated rings. The van der Waals surface area contributed by atoms with Gasteiger partial charge in [0.15, 0.2) is 0 Å². The van der Waals surface area contributed by atoms with Crippen LogP contribution in [0.1, 0.15) is 29.9 Å². The van der Waals surface area contributed by atoms with E-state index in [2.05, 4.69) is 5.32 Å². The van der Waals surface area contributed by atoms with Gasteiger partial charge in [-0.1, -0.05) is 12.1 Å². The van der Waals surface area contributed by atoms with E-state index in [0.717, 1.165) is 43.6 Å². The average Bonchev–Trinajstić information content (AvgIpc) is 2.40. The van der Waals surface area contributed by atoms with Crippen LogP contribution in [-0.2, 0) is 6.18 Å². The number of alkyl halides is 3. The number of nitrogens with two attached hydrogens (primary N) is 1. The van der Waals surface area contributed by atoms with Crippen LogP contribution in [0.2, 0.25) is 0 Å². The lowest BCUT2D eigenvalue weighted by atomic mass is 9.80. The van der Waals surface area contributed by atoms with Gasteiger partial charge in [0.05, 0.1) is 5.56 Å². The Morgan fingerprint density at radius 1 is 1.16 bits per heavy atom. The number of hydrogen-bond acceptors (Lipinski definition) is 2. The molecule has 1 aromatic rings. The Morgan fingerprint density at radius 3 is 2.21 bits per heavy atom. The van der Waals surface area contributed by atoms with Crippen molar-refractivity contribution in [3.63, 3.8) is 0 Å². The second-order valence-corrected chi connectivity index (χ2v) is 5.05. The fraction of sp³-hybridized carbons (Fsp3) is 0.571. The van der Waals surface area contributed by atoms with Gasteiger partial charge in [-0.25, -0.2) is 0 Å². The summed E-state index contributed by atoms with van der Waals surface area (Å²) in [7, 11) is 0. The van der Waals surface area contributed by atoms with Crippen molar-refractivity contribution < 1.29 is 13.2 Å². The summed E-state index contributed by atoms with van der Waals surface area (Å²) in [4.78, 5) is 0. The SMILES string of the molecule is NC[C@H](c1ccc(C(F)(F)F)cc1)C1CCNCC1. The van der Waals surface area contributed by atoms with Crippen molar-refractivity contribution in [1.29, 1.82) is 0 Å². The highest BCUT2D eigenvalue weighted by atomic mass is 19.4. The largest absolute Gasteiger partial charge is 0.416 e. The fourth-order valence-electron chi connectivity index (χ4n) is 2.77. The van der Waals surface area contributed by atoms with Crippen molar-refractivity contribution in [3.8, 4) is 0 Å². The Bertz CT molecular complexity index is 394. The van der Waals surface area contributed by atoms with Gasteiger partial charge in [-0.3, -0.25) is 0 Å². The van der Waals surface area contributed by atoms with E-state index in [9.17, 15) is 13.2 Å². The molecule has 1 aliphatic heterocycles. The van der Waals surface area contributed by atoms with Gasteiger partial charge >= 0.3 is 6.18 Å². The smallest absolute Gasteiger partial charge is 0.330 e. The van der Waals surface area contributed by atoms with E-state index >= 15 is 0 Å². The predicted molar refractivity (Wildman–Crippen MR) is 68.8 cm³/mol. The lowest BCUT2D eigenvalue weighted by molar-refractivity contribution is -0.137. The van der Waals surface area contributed by atoms with E-state index in [1.54, 1.807) is 12.1 Å². The molecule has 1 aliphatic rings. The van der Waals surface area contributed by atoms with Gasteiger partial charge in [-0.2, -0.15) is 13.2 Å². The van der Waals surface area contributed by atoms with Crippen LogP contribution in [0.25, 0.3) is 0 Å². The Balaban J connectivity index is 2.14. The van der Waals surface area contributed by atoms with Crippen LogP contribution in [0.4, 0.5) is 13.2 Å². The molecule has 3 N–H and O–H groups in total. The molecule has 0 aliphatic carbocycles. The van der Waals surface area contributed by atoms with E-state index in [4.69, 9.17) is 5.73 Å². The van der Waals surface area contributed by atoms with Crippen LogP contribution >= 0.6 is 0 Å². The number of rotatable bonds is 3. The average molecular weight is 272 g/mol. The van der Waals surface area contributed by atoms with Crippen LogP contribution in [-0.4, -0.2) is 19.6 Å². The highest BCUT2D eigenvalue weighted by Crippen LogP contribution is 2.33. The zero-order valence-electron chi connectivity index (χ0n) is 10.7. The second-order valence-electron chi connectivity index (χ2n) is 5.05. The maximum absolute atomic E-state index is 12.5. The third kappa shape index (κ3) is 3.48. The molecule has 0 radical (unpaired) electrons. The molecule has 0 unspecified atom stereocenters. The third-order valence-corrected chi connectivity index (χ3v) is 3.87. The number of nitrogens with one attached hydrogen (secondary N) is 1.